The van der Waals surface area contributed by atoms with Crippen molar-refractivity contribution < 1.29 is 40.9 Å². The van der Waals surface area contributed by atoms with Gasteiger partial charge in [0.25, 0.3) is 5.09 Å². The molecule has 0 unspecified atom stereocenters. The van der Waals surface area contributed by atoms with Crippen LogP contribution >= 0.6 is 0 Å². The molecular weight excluding hydrogens is 292 g/mol. The summed E-state index contributed by atoms with van der Waals surface area (Å²) in [6.07, 6.45) is 0. The van der Waals surface area contributed by atoms with Crippen LogP contribution < -0.4 is 0 Å². The van der Waals surface area contributed by atoms with Crippen LogP contribution in [0.4, 0.5) is 0 Å². The van der Waals surface area contributed by atoms with E-state index in [-0.39, 0.29) is 20.4 Å². The van der Waals surface area contributed by atoms with Crippen LogP contribution in [0, 0.1) is 40.8 Å². The van der Waals surface area contributed by atoms with Crippen LogP contribution in [0.3, 0.4) is 0 Å². The first-order valence-electron chi connectivity index (χ1n) is 1.66. The van der Waals surface area contributed by atoms with Crippen LogP contribution in [0.5, 0.6) is 0 Å². The molecule has 1 N–H and O–H groups in total. The molecule has 0 saturated carbocycles. The molecule has 0 amide bonds. The zero-order valence-electron chi connectivity index (χ0n) is 5.37. The summed E-state index contributed by atoms with van der Waals surface area (Å²) in [6.45, 7) is 0. The van der Waals surface area contributed by atoms with E-state index in [4.69, 9.17) is 46.0 Å². The Morgan fingerprint density at radius 2 is 0.769 bits per heavy atom. The molecule has 0 aromatic carbocycles. The van der Waals surface area contributed by atoms with E-state index in [1.54, 1.807) is 0 Å². The second kappa shape index (κ2) is 16.7. The van der Waals surface area contributed by atoms with Crippen LogP contribution in [0.15, 0.2) is 0 Å². The minimum Gasteiger partial charge on any atom is -0.356 e. The second-order valence-corrected chi connectivity index (χ2v) is 0.685. The van der Waals surface area contributed by atoms with Crippen molar-refractivity contribution in [2.75, 3.05) is 0 Å². The molecule has 0 aromatic rings. The summed E-state index contributed by atoms with van der Waals surface area (Å²) in [5.74, 6) is 0. The molecule has 0 rings (SSSR count). The molecule has 80 valence electrons. The van der Waals surface area contributed by atoms with Gasteiger partial charge in [0.2, 0.25) is 0 Å². The molecule has 0 aromatic heterocycles. The van der Waals surface area contributed by atoms with E-state index < -0.39 is 15.3 Å². The van der Waals surface area contributed by atoms with Gasteiger partial charge in [0.05, 0.1) is 10.2 Å². The zero-order chi connectivity index (χ0) is 10.7. The Morgan fingerprint density at radius 1 is 0.769 bits per heavy atom. The first-order chi connectivity index (χ1) is 5.20. The summed E-state index contributed by atoms with van der Waals surface area (Å²) in [6, 6.07) is 0. The van der Waals surface area contributed by atoms with Gasteiger partial charge in [0.1, 0.15) is 0 Å². The Hall–Kier alpha value is -1.74. The monoisotopic (exact) mass is 293 g/mol. The summed E-state index contributed by atoms with van der Waals surface area (Å²) < 4.78 is 0. The first-order valence-corrected chi connectivity index (χ1v) is 1.66. The van der Waals surface area contributed by atoms with Crippen molar-refractivity contribution in [1.82, 2.24) is 0 Å². The summed E-state index contributed by atoms with van der Waals surface area (Å²) in [4.78, 5) is 24.9. The molecule has 0 saturated heterocycles. The molecule has 0 aliphatic heterocycles. The van der Waals surface area contributed by atoms with E-state index in [9.17, 15) is 0 Å². The maximum absolute atomic E-state index is 8.36. The van der Waals surface area contributed by atoms with Crippen LogP contribution in [0.2, 0.25) is 0 Å². The van der Waals surface area contributed by atoms with E-state index in [0.717, 1.165) is 0 Å². The third-order valence-electron chi connectivity index (χ3n) is 0. The van der Waals surface area contributed by atoms with Crippen molar-refractivity contribution in [3.63, 3.8) is 0 Å². The molecule has 12 nitrogen and oxygen atoms in total. The average molecular weight is 293 g/mol. The van der Waals surface area contributed by atoms with Crippen molar-refractivity contribution in [3.05, 3.63) is 40.8 Å². The van der Waals surface area contributed by atoms with Gasteiger partial charge in [-0.25, -0.2) is 0 Å². The fourth-order valence-corrected chi connectivity index (χ4v) is 0. The van der Waals surface area contributed by atoms with Crippen LogP contribution in [0.25, 0.3) is 0 Å². The second-order valence-electron chi connectivity index (χ2n) is 0.685. The number of nitrogens with zero attached hydrogens (tertiary/aromatic N) is 3. The van der Waals surface area contributed by atoms with Crippen LogP contribution in [-0.4, -0.2) is 20.5 Å². The van der Waals surface area contributed by atoms with Gasteiger partial charge in [0.15, 0.2) is 0 Å². The topological polar surface area (TPSA) is 196 Å². The molecule has 0 radical (unpaired) electrons. The van der Waals surface area contributed by atoms with E-state index in [1.165, 1.54) is 0 Å². The summed E-state index contributed by atoms with van der Waals surface area (Å²) >= 11 is 0. The van der Waals surface area contributed by atoms with E-state index in [0.29, 0.717) is 0 Å². The SMILES string of the molecule is O=[N+]([O-])O.O=[N+]([O-])[O-].O=[N+]([O-])[O-].[Pd+2]. The standard InChI is InChI=1S/HNO3.2NO3.Pd/c3*2-1(3)4;/h(H,2,3,4);;;/q;2*-1;+2. The average Bonchev–Trinajstić information content (AvgIpc) is 1.54. The predicted molar refractivity (Wildman–Crippen MR) is 29.5 cm³/mol. The Bertz CT molecular complexity index is 112. The molecule has 0 atom stereocenters. The Balaban J connectivity index is -0.0000000450. The molecule has 0 aliphatic carbocycles. The molecule has 0 bridgehead atoms. The van der Waals surface area contributed by atoms with E-state index >= 15 is 0 Å². The smallest absolute Gasteiger partial charge is 0.356 e. The fourth-order valence-electron chi connectivity index (χ4n) is 0. The fraction of sp³-hybridized carbons (Fsp3) is 0. The molecule has 0 fully saturated rings. The van der Waals surface area contributed by atoms with Gasteiger partial charge >= 0.3 is 20.4 Å². The van der Waals surface area contributed by atoms with Gasteiger partial charge in [-0.1, -0.05) is 0 Å². The Labute approximate surface area is 82.4 Å². The number of hydrogen-bond acceptors (Lipinski definition) is 8. The third-order valence-corrected chi connectivity index (χ3v) is 0. The van der Waals surface area contributed by atoms with Crippen molar-refractivity contribution in [2.45, 2.75) is 0 Å². The van der Waals surface area contributed by atoms with Gasteiger partial charge < -0.3 is 35.9 Å². The molecule has 0 spiro atoms. The van der Waals surface area contributed by atoms with Gasteiger partial charge in [0, 0.05) is 0 Å². The minimum atomic E-state index is -1.75. The first kappa shape index (κ1) is 22.5. The van der Waals surface area contributed by atoms with E-state index in [1.807, 2.05) is 0 Å². The molecule has 0 aliphatic rings. The van der Waals surface area contributed by atoms with Crippen molar-refractivity contribution in [2.24, 2.45) is 0 Å². The van der Waals surface area contributed by atoms with Gasteiger partial charge in [-0.05, 0) is 0 Å². The Kier molecular flexibility index (Phi) is 28.9. The van der Waals surface area contributed by atoms with Gasteiger partial charge in [-0.15, -0.1) is 10.1 Å². The Morgan fingerprint density at radius 3 is 0.769 bits per heavy atom. The van der Waals surface area contributed by atoms with Crippen molar-refractivity contribution >= 4 is 0 Å². The maximum atomic E-state index is 8.36. The van der Waals surface area contributed by atoms with Crippen molar-refractivity contribution in [1.29, 1.82) is 0 Å². The van der Waals surface area contributed by atoms with Gasteiger partial charge in [-0.3, -0.25) is 0 Å². The maximum Gasteiger partial charge on any atom is 2.00 e. The van der Waals surface area contributed by atoms with Crippen molar-refractivity contribution in [3.8, 4) is 0 Å². The summed E-state index contributed by atoms with van der Waals surface area (Å²) in [5, 5.41) is 43.1. The molecular formula is HN3O9Pd. The van der Waals surface area contributed by atoms with Crippen LogP contribution in [0.1, 0.15) is 0 Å². The summed E-state index contributed by atoms with van der Waals surface area (Å²) in [7, 11) is 0. The van der Waals surface area contributed by atoms with Gasteiger partial charge in [-0.2, -0.15) is 0 Å². The van der Waals surface area contributed by atoms with E-state index in [2.05, 4.69) is 0 Å². The van der Waals surface area contributed by atoms with Crippen LogP contribution in [-0.2, 0) is 20.4 Å². The minimum absolute atomic E-state index is 0. The number of rotatable bonds is 0. The quantitative estimate of drug-likeness (QED) is 0.336. The largest absolute Gasteiger partial charge is 2.00 e. The third kappa shape index (κ3) is 232. The number of hydrogen-bond donors (Lipinski definition) is 1. The zero-order valence-corrected chi connectivity index (χ0v) is 6.93. The molecule has 13 heavy (non-hydrogen) atoms. The summed E-state index contributed by atoms with van der Waals surface area (Å²) in [5.41, 5.74) is 0. The normalized spacial score (nSPS) is 5.54. The predicted octanol–water partition coefficient (Wildman–Crippen LogP) is -0.828. The molecule has 0 heterocycles. The molecule has 13 heteroatoms.